The Morgan fingerprint density at radius 1 is 1.03 bits per heavy atom. The van der Waals surface area contributed by atoms with Gasteiger partial charge in [0.05, 0.1) is 25.0 Å². The fourth-order valence-electron chi connectivity index (χ4n) is 3.20. The zero-order valence-electron chi connectivity index (χ0n) is 18.4. The van der Waals surface area contributed by atoms with Crippen LogP contribution in [0, 0.1) is 6.92 Å². The zero-order valence-corrected chi connectivity index (χ0v) is 20.1. The lowest BCUT2D eigenvalue weighted by Crippen LogP contribution is -2.16. The molecule has 0 radical (unpaired) electrons. The van der Waals surface area contributed by atoms with E-state index in [1.807, 2.05) is 0 Å². The largest absolute Gasteiger partial charge is 0.573 e. The summed E-state index contributed by atoms with van der Waals surface area (Å²) >= 11 is 1.04. The number of halogens is 3. The number of esters is 1. The third-order valence-corrected chi connectivity index (χ3v) is 7.95. The highest BCUT2D eigenvalue weighted by Gasteiger charge is 2.31. The van der Waals surface area contributed by atoms with Crippen LogP contribution in [0.4, 0.5) is 13.2 Å². The van der Waals surface area contributed by atoms with Crippen molar-refractivity contribution >= 4 is 27.1 Å². The standard InChI is InChI=1S/C23H21F3O6S2/c1-4-31-18-9-15(11-21(27)30-3)10-19(12-18)34(28,29)22-13-20(14(2)33-22)16-5-7-17(8-6-16)32-23(24,25)26/h5-10,12-13H,4,11H2,1-3H3. The fourth-order valence-corrected chi connectivity index (χ4v) is 6.15. The molecule has 0 saturated heterocycles. The van der Waals surface area contributed by atoms with E-state index < -0.39 is 22.2 Å². The van der Waals surface area contributed by atoms with Crippen LogP contribution >= 0.6 is 11.3 Å². The Hall–Kier alpha value is -3.05. The average Bonchev–Trinajstić information content (AvgIpc) is 3.15. The molecule has 0 aliphatic heterocycles. The maximum Gasteiger partial charge on any atom is 0.573 e. The van der Waals surface area contributed by atoms with Crippen molar-refractivity contribution in [3.63, 3.8) is 0 Å². The van der Waals surface area contributed by atoms with Gasteiger partial charge in [0.2, 0.25) is 9.84 Å². The van der Waals surface area contributed by atoms with E-state index in [0.717, 1.165) is 11.3 Å². The van der Waals surface area contributed by atoms with Crippen LogP contribution in [0.1, 0.15) is 17.4 Å². The molecule has 0 fully saturated rings. The first-order valence-corrected chi connectivity index (χ1v) is 12.3. The van der Waals surface area contributed by atoms with Gasteiger partial charge in [-0.25, -0.2) is 8.42 Å². The first-order chi connectivity index (χ1) is 15.9. The highest BCUT2D eigenvalue weighted by Crippen LogP contribution is 2.38. The van der Waals surface area contributed by atoms with Gasteiger partial charge in [-0.3, -0.25) is 4.79 Å². The van der Waals surface area contributed by atoms with Crippen LogP contribution in [0.15, 0.2) is 57.6 Å². The molecule has 1 heterocycles. The van der Waals surface area contributed by atoms with E-state index in [4.69, 9.17) is 4.74 Å². The van der Waals surface area contributed by atoms with Gasteiger partial charge >= 0.3 is 12.3 Å². The van der Waals surface area contributed by atoms with Gasteiger partial charge in [0, 0.05) is 4.88 Å². The Morgan fingerprint density at radius 2 is 1.71 bits per heavy atom. The molecular formula is C23H21F3O6S2. The summed E-state index contributed by atoms with van der Waals surface area (Å²) in [5, 5.41) is 0. The summed E-state index contributed by atoms with van der Waals surface area (Å²) in [4.78, 5) is 12.3. The van der Waals surface area contributed by atoms with E-state index in [1.165, 1.54) is 49.6 Å². The second-order valence-electron chi connectivity index (χ2n) is 7.11. The van der Waals surface area contributed by atoms with Crippen molar-refractivity contribution < 1.29 is 40.6 Å². The van der Waals surface area contributed by atoms with Crippen molar-refractivity contribution in [2.45, 2.75) is 35.7 Å². The summed E-state index contributed by atoms with van der Waals surface area (Å²) in [6, 6.07) is 11.0. The maximum absolute atomic E-state index is 13.4. The van der Waals surface area contributed by atoms with Crippen LogP contribution in [0.25, 0.3) is 11.1 Å². The van der Waals surface area contributed by atoms with E-state index in [2.05, 4.69) is 9.47 Å². The Labute approximate surface area is 198 Å². The van der Waals surface area contributed by atoms with Crippen LogP contribution in [-0.4, -0.2) is 34.5 Å². The van der Waals surface area contributed by atoms with Crippen molar-refractivity contribution in [3.8, 4) is 22.6 Å². The monoisotopic (exact) mass is 514 g/mol. The van der Waals surface area contributed by atoms with E-state index >= 15 is 0 Å². The molecule has 0 spiro atoms. The lowest BCUT2D eigenvalue weighted by molar-refractivity contribution is -0.274. The predicted octanol–water partition coefficient (Wildman–Crippen LogP) is 5.57. The molecule has 0 N–H and O–H groups in total. The smallest absolute Gasteiger partial charge is 0.494 e. The fraction of sp³-hybridized carbons (Fsp3) is 0.261. The van der Waals surface area contributed by atoms with E-state index in [1.54, 1.807) is 19.9 Å². The first-order valence-electron chi connectivity index (χ1n) is 9.98. The average molecular weight is 515 g/mol. The van der Waals surface area contributed by atoms with Crippen molar-refractivity contribution in [1.82, 2.24) is 0 Å². The van der Waals surface area contributed by atoms with Gasteiger partial charge in [0.1, 0.15) is 15.7 Å². The number of carbonyl (C=O) groups excluding carboxylic acids is 1. The van der Waals surface area contributed by atoms with Gasteiger partial charge in [-0.15, -0.1) is 24.5 Å². The van der Waals surface area contributed by atoms with E-state index in [0.29, 0.717) is 33.9 Å². The number of aryl methyl sites for hydroxylation is 1. The third-order valence-electron chi connectivity index (χ3n) is 4.70. The number of methoxy groups -OCH3 is 1. The molecule has 6 nitrogen and oxygen atoms in total. The second kappa shape index (κ2) is 10.1. The van der Waals surface area contributed by atoms with E-state index in [9.17, 15) is 26.4 Å². The van der Waals surface area contributed by atoms with Crippen molar-refractivity contribution in [1.29, 1.82) is 0 Å². The maximum atomic E-state index is 13.4. The van der Waals surface area contributed by atoms with Crippen molar-refractivity contribution in [3.05, 3.63) is 59.0 Å². The van der Waals surface area contributed by atoms with Crippen molar-refractivity contribution in [2.24, 2.45) is 0 Å². The summed E-state index contributed by atoms with van der Waals surface area (Å²) in [5.74, 6) is -0.594. The molecule has 0 unspecified atom stereocenters. The molecule has 3 aromatic rings. The molecule has 1 aromatic heterocycles. The summed E-state index contributed by atoms with van der Waals surface area (Å²) in [6.07, 6.45) is -4.93. The van der Waals surface area contributed by atoms with Crippen LogP contribution in [0.3, 0.4) is 0 Å². The quantitative estimate of drug-likeness (QED) is 0.366. The van der Waals surface area contributed by atoms with Crippen LogP contribution in [-0.2, 0) is 25.8 Å². The molecule has 182 valence electrons. The van der Waals surface area contributed by atoms with Crippen LogP contribution in [0.2, 0.25) is 0 Å². The Balaban J connectivity index is 1.98. The molecule has 11 heteroatoms. The predicted molar refractivity (Wildman–Crippen MR) is 120 cm³/mol. The molecule has 3 rings (SSSR count). The number of carbonyl (C=O) groups is 1. The summed E-state index contributed by atoms with van der Waals surface area (Å²) < 4.78 is 78.1. The molecular weight excluding hydrogens is 493 g/mol. The van der Waals surface area contributed by atoms with Gasteiger partial charge < -0.3 is 14.2 Å². The lowest BCUT2D eigenvalue weighted by atomic mass is 10.1. The number of rotatable bonds is 8. The number of alkyl halides is 3. The highest BCUT2D eigenvalue weighted by molar-refractivity contribution is 7.93. The van der Waals surface area contributed by atoms with Crippen LogP contribution < -0.4 is 9.47 Å². The summed E-state index contributed by atoms with van der Waals surface area (Å²) in [5.41, 5.74) is 1.53. The molecule has 0 aliphatic rings. The Bertz CT molecular complexity index is 1280. The minimum atomic E-state index is -4.80. The molecule has 0 bridgehead atoms. The minimum absolute atomic E-state index is 0.0425. The van der Waals surface area contributed by atoms with Crippen molar-refractivity contribution in [2.75, 3.05) is 13.7 Å². The molecule has 2 aromatic carbocycles. The third kappa shape index (κ3) is 6.09. The molecule has 0 aliphatic carbocycles. The van der Waals surface area contributed by atoms with Gasteiger partial charge in [-0.05, 0) is 66.9 Å². The molecule has 34 heavy (non-hydrogen) atoms. The van der Waals surface area contributed by atoms with E-state index in [-0.39, 0.29) is 21.3 Å². The zero-order chi connectivity index (χ0) is 25.1. The number of sulfone groups is 1. The SMILES string of the molecule is CCOc1cc(CC(=O)OC)cc(S(=O)(=O)c2cc(-c3ccc(OC(F)(F)F)cc3)c(C)s2)c1. The van der Waals surface area contributed by atoms with Gasteiger partial charge in [-0.1, -0.05) is 12.1 Å². The van der Waals surface area contributed by atoms with Gasteiger partial charge in [-0.2, -0.15) is 0 Å². The van der Waals surface area contributed by atoms with Crippen LogP contribution in [0.5, 0.6) is 11.5 Å². The minimum Gasteiger partial charge on any atom is -0.494 e. The Kier molecular flexibility index (Phi) is 7.57. The topological polar surface area (TPSA) is 78.9 Å². The normalized spacial score (nSPS) is 11.8. The summed E-state index contributed by atoms with van der Waals surface area (Å²) in [7, 11) is -2.73. The highest BCUT2D eigenvalue weighted by atomic mass is 32.2. The molecule has 0 atom stereocenters. The second-order valence-corrected chi connectivity index (χ2v) is 10.5. The molecule has 0 amide bonds. The number of thiophene rings is 1. The number of benzene rings is 2. The first kappa shape index (κ1) is 25.6. The number of hydrogen-bond donors (Lipinski definition) is 0. The number of ether oxygens (including phenoxy) is 3. The van der Waals surface area contributed by atoms with Gasteiger partial charge in [0.15, 0.2) is 0 Å². The summed E-state index contributed by atoms with van der Waals surface area (Å²) in [6.45, 7) is 3.77. The lowest BCUT2D eigenvalue weighted by Gasteiger charge is -2.10. The Morgan fingerprint density at radius 3 is 2.29 bits per heavy atom. The van der Waals surface area contributed by atoms with Gasteiger partial charge in [0.25, 0.3) is 0 Å². The molecule has 0 saturated carbocycles. The number of hydrogen-bond acceptors (Lipinski definition) is 7.